The highest BCUT2D eigenvalue weighted by molar-refractivity contribution is 7.12. The van der Waals surface area contributed by atoms with E-state index in [9.17, 15) is 14.4 Å². The van der Waals surface area contributed by atoms with Crippen LogP contribution in [0.25, 0.3) is 6.08 Å². The van der Waals surface area contributed by atoms with Crippen molar-refractivity contribution >= 4 is 57.9 Å². The van der Waals surface area contributed by atoms with Crippen LogP contribution >= 0.6 is 22.9 Å². The van der Waals surface area contributed by atoms with E-state index in [4.69, 9.17) is 11.6 Å². The van der Waals surface area contributed by atoms with Gasteiger partial charge in [-0.25, -0.2) is 0 Å². The molecule has 0 aliphatic carbocycles. The predicted molar refractivity (Wildman–Crippen MR) is 150 cm³/mol. The first-order valence-electron chi connectivity index (χ1n) is 12.4. The van der Waals surface area contributed by atoms with Crippen molar-refractivity contribution in [2.45, 2.75) is 17.5 Å². The van der Waals surface area contributed by atoms with Crippen LogP contribution in [-0.2, 0) is 10.2 Å². The molecule has 1 saturated heterocycles. The van der Waals surface area contributed by atoms with Crippen LogP contribution in [0.5, 0.6) is 0 Å². The lowest BCUT2D eigenvalue weighted by molar-refractivity contribution is -0.121. The Hall–Kier alpha value is -4.00. The van der Waals surface area contributed by atoms with Crippen molar-refractivity contribution in [2.24, 2.45) is 5.92 Å². The molecule has 4 aromatic rings. The van der Waals surface area contributed by atoms with E-state index < -0.39 is 23.4 Å². The van der Waals surface area contributed by atoms with Gasteiger partial charge in [0.15, 0.2) is 11.6 Å². The van der Waals surface area contributed by atoms with E-state index in [1.165, 1.54) is 11.3 Å². The van der Waals surface area contributed by atoms with Gasteiger partial charge in [-0.05, 0) is 46.8 Å². The van der Waals surface area contributed by atoms with Crippen molar-refractivity contribution in [1.82, 2.24) is 0 Å². The summed E-state index contributed by atoms with van der Waals surface area (Å²) in [5, 5.41) is 5.46. The number of nitrogens with one attached hydrogen (secondary N) is 1. The lowest BCUT2D eigenvalue weighted by Gasteiger charge is -2.37. The number of fused-ring (bicyclic) bond motifs is 6. The first-order valence-corrected chi connectivity index (χ1v) is 13.6. The van der Waals surface area contributed by atoms with Crippen molar-refractivity contribution in [3.8, 4) is 0 Å². The number of thiophene rings is 1. The van der Waals surface area contributed by atoms with E-state index >= 15 is 0 Å². The lowest BCUT2D eigenvalue weighted by Crippen LogP contribution is -2.51. The minimum Gasteiger partial charge on any atom is -0.352 e. The first-order chi connectivity index (χ1) is 18.5. The molecule has 5 nitrogen and oxygen atoms in total. The third-order valence-corrected chi connectivity index (χ3v) is 9.09. The molecule has 4 heterocycles. The smallest absolute Gasteiger partial charge is 0.238 e. The summed E-state index contributed by atoms with van der Waals surface area (Å²) in [5.74, 6) is -1.64. The van der Waals surface area contributed by atoms with Crippen LogP contribution in [0.1, 0.15) is 31.2 Å². The van der Waals surface area contributed by atoms with Gasteiger partial charge < -0.3 is 10.2 Å². The highest BCUT2D eigenvalue weighted by Gasteiger charge is 2.70. The second-order valence-electron chi connectivity index (χ2n) is 9.78. The molecule has 1 aromatic heterocycles. The van der Waals surface area contributed by atoms with E-state index in [-0.39, 0.29) is 17.5 Å². The lowest BCUT2D eigenvalue weighted by atomic mass is 9.64. The van der Waals surface area contributed by atoms with Crippen molar-refractivity contribution in [3.63, 3.8) is 0 Å². The highest BCUT2D eigenvalue weighted by atomic mass is 35.5. The molecule has 0 radical (unpaired) electrons. The van der Waals surface area contributed by atoms with Gasteiger partial charge in [-0.15, -0.1) is 11.3 Å². The van der Waals surface area contributed by atoms with Crippen LogP contribution in [-0.4, -0.2) is 29.6 Å². The number of ketones is 2. The van der Waals surface area contributed by atoms with Gasteiger partial charge in [0, 0.05) is 22.0 Å². The number of carbonyl (C=O) groups is 3. The monoisotopic (exact) mass is 536 g/mol. The molecule has 1 amide bonds. The summed E-state index contributed by atoms with van der Waals surface area (Å²) in [6.45, 7) is 0. The standard InChI is InChI=1S/C31H21ClN2O3S/c32-20-13-14-23-19(17-20)12-15-25-31(21-9-4-5-10-22(21)33-30(31)37)26(29(36)24-11-6-16-38-24)27(34(23)25)28(35)18-7-2-1-3-8-18/h1-17,25-27H,(H,33,37)/t25-,26+,27-,31+/m0/s1. The Morgan fingerprint density at radius 2 is 1.71 bits per heavy atom. The Labute approximate surface area is 228 Å². The van der Waals surface area contributed by atoms with E-state index in [0.717, 1.165) is 16.8 Å². The molecular formula is C31H21ClN2O3S. The normalized spacial score (nSPS) is 24.6. The molecule has 1 spiro atoms. The number of hydrogen-bond donors (Lipinski definition) is 1. The zero-order chi connectivity index (χ0) is 26.0. The van der Waals surface area contributed by atoms with Crippen molar-refractivity contribution in [1.29, 1.82) is 0 Å². The summed E-state index contributed by atoms with van der Waals surface area (Å²) < 4.78 is 0. The number of amides is 1. The number of anilines is 2. The first kappa shape index (κ1) is 23.1. The minimum absolute atomic E-state index is 0.198. The van der Waals surface area contributed by atoms with Crippen LogP contribution in [0.15, 0.2) is 96.4 Å². The number of benzene rings is 3. The van der Waals surface area contributed by atoms with Crippen LogP contribution in [0, 0.1) is 5.92 Å². The number of rotatable bonds is 4. The molecule has 7 rings (SSSR count). The van der Waals surface area contributed by atoms with Crippen molar-refractivity contribution in [2.75, 3.05) is 10.2 Å². The number of para-hydroxylation sites is 1. The third-order valence-electron chi connectivity index (χ3n) is 7.97. The fourth-order valence-electron chi connectivity index (χ4n) is 6.50. The number of carbonyl (C=O) groups excluding carboxylic acids is 3. The molecule has 3 aliphatic heterocycles. The summed E-state index contributed by atoms with van der Waals surface area (Å²) in [5.41, 5.74) is 2.21. The van der Waals surface area contributed by atoms with Crippen LogP contribution in [0.4, 0.5) is 11.4 Å². The van der Waals surface area contributed by atoms with Crippen LogP contribution in [0.2, 0.25) is 5.02 Å². The quantitative estimate of drug-likeness (QED) is 0.313. The molecule has 3 aromatic carbocycles. The maximum atomic E-state index is 14.5. The summed E-state index contributed by atoms with van der Waals surface area (Å²) in [6.07, 6.45) is 3.90. The van der Waals surface area contributed by atoms with Gasteiger partial charge in [0.1, 0.15) is 11.5 Å². The number of hydrogen-bond acceptors (Lipinski definition) is 5. The molecule has 4 atom stereocenters. The molecule has 0 unspecified atom stereocenters. The highest BCUT2D eigenvalue weighted by Crippen LogP contribution is 2.58. The molecule has 7 heteroatoms. The average Bonchev–Trinajstić information content (AvgIpc) is 3.65. The van der Waals surface area contributed by atoms with Gasteiger partial charge in [-0.3, -0.25) is 14.4 Å². The molecular weight excluding hydrogens is 516 g/mol. The maximum absolute atomic E-state index is 14.5. The Morgan fingerprint density at radius 3 is 2.50 bits per heavy atom. The van der Waals surface area contributed by atoms with Crippen LogP contribution in [0.3, 0.4) is 0 Å². The maximum Gasteiger partial charge on any atom is 0.238 e. The molecule has 0 bridgehead atoms. The zero-order valence-electron chi connectivity index (χ0n) is 20.0. The Morgan fingerprint density at radius 1 is 0.921 bits per heavy atom. The zero-order valence-corrected chi connectivity index (χ0v) is 21.6. The third kappa shape index (κ3) is 3.08. The van der Waals surface area contributed by atoms with Crippen molar-refractivity contribution < 1.29 is 14.4 Å². The van der Waals surface area contributed by atoms with Crippen molar-refractivity contribution in [3.05, 3.63) is 123 Å². The van der Waals surface area contributed by atoms with E-state index in [0.29, 0.717) is 21.2 Å². The minimum atomic E-state index is -1.30. The Kier molecular flexibility index (Phi) is 5.18. The van der Waals surface area contributed by atoms with Gasteiger partial charge in [0.2, 0.25) is 5.91 Å². The molecule has 1 N–H and O–H groups in total. The topological polar surface area (TPSA) is 66.5 Å². The summed E-state index contributed by atoms with van der Waals surface area (Å²) >= 11 is 7.66. The molecule has 0 saturated carbocycles. The SMILES string of the molecule is O=C(c1ccccc1)[C@@H]1[C@H](C(=O)c2cccs2)[C@]2(C(=O)Nc3ccccc32)[C@@H]2C=Cc3cc(Cl)ccc3N12. The summed E-state index contributed by atoms with van der Waals surface area (Å²) in [6, 6.07) is 24.1. The van der Waals surface area contributed by atoms with Gasteiger partial charge in [-0.1, -0.05) is 78.4 Å². The molecule has 38 heavy (non-hydrogen) atoms. The average molecular weight is 537 g/mol. The molecule has 1 fully saturated rings. The number of halogens is 1. The Bertz CT molecular complexity index is 1650. The second kappa shape index (κ2) is 8.51. The fraction of sp³-hybridized carbons (Fsp3) is 0.129. The van der Waals surface area contributed by atoms with E-state index in [2.05, 4.69) is 5.32 Å². The van der Waals surface area contributed by atoms with Gasteiger partial charge in [0.05, 0.1) is 16.8 Å². The number of Topliss-reactive ketones (excluding diaryl/α,β-unsaturated/α-hetero) is 2. The Balaban J connectivity index is 1.55. The summed E-state index contributed by atoms with van der Waals surface area (Å²) in [4.78, 5) is 45.7. The molecule has 3 aliphatic rings. The summed E-state index contributed by atoms with van der Waals surface area (Å²) in [7, 11) is 0. The van der Waals surface area contributed by atoms with E-state index in [1.54, 1.807) is 24.3 Å². The van der Waals surface area contributed by atoms with Crippen LogP contribution < -0.4 is 10.2 Å². The van der Waals surface area contributed by atoms with Gasteiger partial charge in [0.25, 0.3) is 0 Å². The molecule has 186 valence electrons. The largest absolute Gasteiger partial charge is 0.352 e. The van der Waals surface area contributed by atoms with E-state index in [1.807, 2.05) is 83.1 Å². The fourth-order valence-corrected chi connectivity index (χ4v) is 7.38. The second-order valence-corrected chi connectivity index (χ2v) is 11.2. The van der Waals surface area contributed by atoms with Gasteiger partial charge in [-0.2, -0.15) is 0 Å². The predicted octanol–water partition coefficient (Wildman–Crippen LogP) is 6.26. The van der Waals surface area contributed by atoms with Gasteiger partial charge >= 0.3 is 0 Å². The number of nitrogens with zero attached hydrogens (tertiary/aromatic N) is 1.